The molecule has 14 heavy (non-hydrogen) atoms. The van der Waals surface area contributed by atoms with Crippen LogP contribution in [0.25, 0.3) is 0 Å². The van der Waals surface area contributed by atoms with Gasteiger partial charge >= 0.3 is 0 Å². The van der Waals surface area contributed by atoms with E-state index in [0.29, 0.717) is 13.2 Å². The molecule has 0 fully saturated rings. The van der Waals surface area contributed by atoms with Crippen molar-refractivity contribution in [1.29, 1.82) is 0 Å². The smallest absolute Gasteiger partial charge is 0.0897 e. The third kappa shape index (κ3) is 9.92. The second-order valence-electron chi connectivity index (χ2n) is 4.04. The number of hydrogen-bond acceptors (Lipinski definition) is 4. The first-order valence-corrected chi connectivity index (χ1v) is 5.17. The van der Waals surface area contributed by atoms with Gasteiger partial charge in [0.2, 0.25) is 0 Å². The summed E-state index contributed by atoms with van der Waals surface area (Å²) in [4.78, 5) is 2.10. The summed E-state index contributed by atoms with van der Waals surface area (Å²) in [6.45, 7) is 6.81. The number of nitrogens with one attached hydrogen (secondary N) is 1. The van der Waals surface area contributed by atoms with Gasteiger partial charge in [0.15, 0.2) is 0 Å². The number of rotatable bonds is 8. The first-order valence-electron chi connectivity index (χ1n) is 5.17. The molecule has 1 atom stereocenters. The summed E-state index contributed by atoms with van der Waals surface area (Å²) >= 11 is 0. The number of aliphatic hydroxyl groups excluding tert-OH is 1. The highest BCUT2D eigenvalue weighted by atomic mass is 16.5. The highest BCUT2D eigenvalue weighted by Crippen LogP contribution is 1.90. The van der Waals surface area contributed by atoms with Gasteiger partial charge in [-0.2, -0.15) is 0 Å². The molecule has 0 saturated heterocycles. The van der Waals surface area contributed by atoms with E-state index in [0.717, 1.165) is 13.1 Å². The molecule has 86 valence electrons. The van der Waals surface area contributed by atoms with Crippen molar-refractivity contribution in [2.75, 3.05) is 40.3 Å². The van der Waals surface area contributed by atoms with E-state index in [-0.39, 0.29) is 6.10 Å². The van der Waals surface area contributed by atoms with Gasteiger partial charge in [-0.1, -0.05) is 0 Å². The van der Waals surface area contributed by atoms with E-state index in [2.05, 4.69) is 10.2 Å². The SMILES string of the molecule is CC(C)OCC(O)CNCCN(C)C. The van der Waals surface area contributed by atoms with Crippen LogP contribution in [-0.4, -0.2) is 62.6 Å². The van der Waals surface area contributed by atoms with Crippen molar-refractivity contribution in [3.63, 3.8) is 0 Å². The Balaban J connectivity index is 3.22. The van der Waals surface area contributed by atoms with Crippen molar-refractivity contribution >= 4 is 0 Å². The Kier molecular flexibility index (Phi) is 8.08. The molecular weight excluding hydrogens is 180 g/mol. The van der Waals surface area contributed by atoms with Crippen molar-refractivity contribution in [1.82, 2.24) is 10.2 Å². The van der Waals surface area contributed by atoms with E-state index in [9.17, 15) is 5.11 Å². The first-order chi connectivity index (χ1) is 6.52. The average Bonchev–Trinajstić information content (AvgIpc) is 2.08. The average molecular weight is 204 g/mol. The molecule has 0 aromatic carbocycles. The van der Waals surface area contributed by atoms with Crippen LogP contribution in [0.4, 0.5) is 0 Å². The van der Waals surface area contributed by atoms with E-state index in [4.69, 9.17) is 4.74 Å². The predicted molar refractivity (Wildman–Crippen MR) is 58.5 cm³/mol. The molecule has 4 nitrogen and oxygen atoms in total. The molecule has 0 radical (unpaired) electrons. The molecule has 0 rings (SSSR count). The van der Waals surface area contributed by atoms with Crippen LogP contribution in [0.15, 0.2) is 0 Å². The molecule has 0 bridgehead atoms. The maximum Gasteiger partial charge on any atom is 0.0897 e. The van der Waals surface area contributed by atoms with Crippen molar-refractivity contribution in [3.05, 3.63) is 0 Å². The zero-order valence-electron chi connectivity index (χ0n) is 9.79. The van der Waals surface area contributed by atoms with E-state index in [1.54, 1.807) is 0 Å². The minimum absolute atomic E-state index is 0.187. The van der Waals surface area contributed by atoms with Crippen molar-refractivity contribution in [2.45, 2.75) is 26.1 Å². The third-order valence-corrected chi connectivity index (χ3v) is 1.74. The molecule has 0 aromatic rings. The Labute approximate surface area is 87.2 Å². The molecule has 0 aliphatic rings. The first kappa shape index (κ1) is 13.8. The van der Waals surface area contributed by atoms with Gasteiger partial charge in [-0.25, -0.2) is 0 Å². The summed E-state index contributed by atoms with van der Waals surface area (Å²) in [6, 6.07) is 0. The Morgan fingerprint density at radius 3 is 2.50 bits per heavy atom. The van der Waals surface area contributed by atoms with Crippen LogP contribution in [-0.2, 0) is 4.74 Å². The van der Waals surface area contributed by atoms with Crippen LogP contribution in [0.5, 0.6) is 0 Å². The van der Waals surface area contributed by atoms with Gasteiger partial charge in [-0.15, -0.1) is 0 Å². The highest BCUT2D eigenvalue weighted by molar-refractivity contribution is 4.59. The number of likely N-dealkylation sites (N-methyl/N-ethyl adjacent to an activating group) is 1. The van der Waals surface area contributed by atoms with Crippen molar-refractivity contribution < 1.29 is 9.84 Å². The molecule has 0 spiro atoms. The largest absolute Gasteiger partial charge is 0.389 e. The van der Waals surface area contributed by atoms with Crippen LogP contribution in [0.3, 0.4) is 0 Å². The van der Waals surface area contributed by atoms with Crippen LogP contribution >= 0.6 is 0 Å². The molecule has 4 heteroatoms. The summed E-state index contributed by atoms with van der Waals surface area (Å²) in [5, 5.41) is 12.6. The van der Waals surface area contributed by atoms with E-state index < -0.39 is 6.10 Å². The molecule has 0 aromatic heterocycles. The molecule has 1 unspecified atom stereocenters. The van der Waals surface area contributed by atoms with Gasteiger partial charge in [0.05, 0.1) is 18.8 Å². The second kappa shape index (κ2) is 8.17. The minimum atomic E-state index is -0.403. The Bertz CT molecular complexity index is 129. The number of nitrogens with zero attached hydrogens (tertiary/aromatic N) is 1. The molecule has 0 aliphatic heterocycles. The maximum atomic E-state index is 9.46. The van der Waals surface area contributed by atoms with E-state index >= 15 is 0 Å². The van der Waals surface area contributed by atoms with Crippen LogP contribution in [0.1, 0.15) is 13.8 Å². The maximum absolute atomic E-state index is 9.46. The fourth-order valence-corrected chi connectivity index (χ4v) is 0.934. The van der Waals surface area contributed by atoms with Crippen molar-refractivity contribution in [3.8, 4) is 0 Å². The highest BCUT2D eigenvalue weighted by Gasteiger charge is 2.04. The second-order valence-corrected chi connectivity index (χ2v) is 4.04. The van der Waals surface area contributed by atoms with Crippen LogP contribution in [0.2, 0.25) is 0 Å². The topological polar surface area (TPSA) is 44.7 Å². The molecule has 0 saturated carbocycles. The third-order valence-electron chi connectivity index (χ3n) is 1.74. The number of aliphatic hydroxyl groups is 1. The lowest BCUT2D eigenvalue weighted by atomic mass is 10.3. The molecule has 0 amide bonds. The summed E-state index contributed by atoms with van der Waals surface area (Å²) < 4.78 is 5.28. The van der Waals surface area contributed by atoms with Gasteiger partial charge < -0.3 is 20.1 Å². The van der Waals surface area contributed by atoms with Gasteiger partial charge in [0, 0.05) is 19.6 Å². The summed E-state index contributed by atoms with van der Waals surface area (Å²) in [7, 11) is 4.06. The fourth-order valence-electron chi connectivity index (χ4n) is 0.934. The number of hydrogen-bond donors (Lipinski definition) is 2. The van der Waals surface area contributed by atoms with E-state index in [1.807, 2.05) is 27.9 Å². The summed E-state index contributed by atoms with van der Waals surface area (Å²) in [6.07, 6.45) is -0.217. The Morgan fingerprint density at radius 1 is 1.36 bits per heavy atom. The van der Waals surface area contributed by atoms with Crippen molar-refractivity contribution in [2.24, 2.45) is 0 Å². The minimum Gasteiger partial charge on any atom is -0.389 e. The Hall–Kier alpha value is -0.160. The van der Waals surface area contributed by atoms with Gasteiger partial charge in [-0.3, -0.25) is 0 Å². The number of ether oxygens (including phenoxy) is 1. The summed E-state index contributed by atoms with van der Waals surface area (Å²) in [5.74, 6) is 0. The molecular formula is C10H24N2O2. The van der Waals surface area contributed by atoms with Gasteiger partial charge in [0.1, 0.15) is 0 Å². The van der Waals surface area contributed by atoms with Gasteiger partial charge in [-0.05, 0) is 27.9 Å². The quantitative estimate of drug-likeness (QED) is 0.543. The van der Waals surface area contributed by atoms with Crippen LogP contribution in [0, 0.1) is 0 Å². The molecule has 0 heterocycles. The van der Waals surface area contributed by atoms with E-state index in [1.165, 1.54) is 0 Å². The fraction of sp³-hybridized carbons (Fsp3) is 1.00. The lowest BCUT2D eigenvalue weighted by molar-refractivity contribution is 0.00639. The summed E-state index contributed by atoms with van der Waals surface area (Å²) in [5.41, 5.74) is 0. The zero-order valence-corrected chi connectivity index (χ0v) is 9.79. The van der Waals surface area contributed by atoms with Gasteiger partial charge in [0.25, 0.3) is 0 Å². The zero-order chi connectivity index (χ0) is 11.0. The standard InChI is InChI=1S/C10H24N2O2/c1-9(2)14-8-10(13)7-11-5-6-12(3)4/h9-11,13H,5-8H2,1-4H3. The molecule has 2 N–H and O–H groups in total. The predicted octanol–water partition coefficient (Wildman–Crippen LogP) is -0.0765. The monoisotopic (exact) mass is 204 g/mol. The Morgan fingerprint density at radius 2 is 2.00 bits per heavy atom. The normalized spacial score (nSPS) is 13.9. The lowest BCUT2D eigenvalue weighted by Gasteiger charge is -2.15. The lowest BCUT2D eigenvalue weighted by Crippen LogP contribution is -2.35. The molecule has 0 aliphatic carbocycles. The van der Waals surface area contributed by atoms with Crippen LogP contribution < -0.4 is 5.32 Å².